The standard InChI is InChI=1S/C16H17FN4O/c1-20(9-12-8-18-21(2)10-12)11-15-7-16(19-22-15)13-3-5-14(17)6-4-13/h3-8,10H,9,11H2,1-2H3. The van der Waals surface area contributed by atoms with Crippen LogP contribution in [0.1, 0.15) is 11.3 Å². The molecule has 0 aliphatic rings. The van der Waals surface area contributed by atoms with Crippen LogP contribution >= 0.6 is 0 Å². The third-order valence-corrected chi connectivity index (χ3v) is 3.34. The molecule has 3 aromatic rings. The average molecular weight is 300 g/mol. The molecule has 0 amide bonds. The molecule has 0 radical (unpaired) electrons. The largest absolute Gasteiger partial charge is 0.359 e. The van der Waals surface area contributed by atoms with Gasteiger partial charge in [-0.15, -0.1) is 0 Å². The number of benzene rings is 1. The summed E-state index contributed by atoms with van der Waals surface area (Å²) >= 11 is 0. The van der Waals surface area contributed by atoms with E-state index in [4.69, 9.17) is 4.52 Å². The van der Waals surface area contributed by atoms with E-state index in [0.717, 1.165) is 23.4 Å². The molecule has 1 aromatic carbocycles. The van der Waals surface area contributed by atoms with Gasteiger partial charge in [0.2, 0.25) is 0 Å². The van der Waals surface area contributed by atoms with Crippen molar-refractivity contribution in [2.24, 2.45) is 7.05 Å². The number of hydrogen-bond acceptors (Lipinski definition) is 4. The Labute approximate surface area is 128 Å². The summed E-state index contributed by atoms with van der Waals surface area (Å²) < 4.78 is 20.1. The van der Waals surface area contributed by atoms with Gasteiger partial charge in [0.15, 0.2) is 5.76 Å². The lowest BCUT2D eigenvalue weighted by Gasteiger charge is -2.12. The Balaban J connectivity index is 1.65. The zero-order chi connectivity index (χ0) is 15.5. The molecule has 3 rings (SSSR count). The van der Waals surface area contributed by atoms with Crippen molar-refractivity contribution in [2.75, 3.05) is 7.05 Å². The summed E-state index contributed by atoms with van der Waals surface area (Å²) in [6.07, 6.45) is 3.83. The third-order valence-electron chi connectivity index (χ3n) is 3.34. The predicted molar refractivity (Wildman–Crippen MR) is 80.3 cm³/mol. The van der Waals surface area contributed by atoms with Gasteiger partial charge in [0, 0.05) is 37.0 Å². The molecule has 0 fully saturated rings. The zero-order valence-corrected chi connectivity index (χ0v) is 12.5. The monoisotopic (exact) mass is 300 g/mol. The minimum Gasteiger partial charge on any atom is -0.359 e. The molecule has 0 aliphatic heterocycles. The van der Waals surface area contributed by atoms with Crippen LogP contribution in [0.5, 0.6) is 0 Å². The lowest BCUT2D eigenvalue weighted by Crippen LogP contribution is -2.16. The molecule has 0 spiro atoms. The second kappa shape index (κ2) is 6.11. The molecule has 0 aliphatic carbocycles. The first kappa shape index (κ1) is 14.5. The summed E-state index contributed by atoms with van der Waals surface area (Å²) in [6, 6.07) is 8.09. The smallest absolute Gasteiger partial charge is 0.151 e. The molecule has 0 saturated carbocycles. The van der Waals surface area contributed by atoms with Crippen LogP contribution in [0.3, 0.4) is 0 Å². The van der Waals surface area contributed by atoms with Crippen LogP contribution in [-0.2, 0) is 20.1 Å². The van der Waals surface area contributed by atoms with E-state index in [0.29, 0.717) is 12.2 Å². The number of aromatic nitrogens is 3. The van der Waals surface area contributed by atoms with Gasteiger partial charge in [0.1, 0.15) is 11.5 Å². The number of nitrogens with zero attached hydrogens (tertiary/aromatic N) is 4. The van der Waals surface area contributed by atoms with Crippen LogP contribution in [0.2, 0.25) is 0 Å². The van der Waals surface area contributed by atoms with Crippen LogP contribution in [0.25, 0.3) is 11.3 Å². The highest BCUT2D eigenvalue weighted by Gasteiger charge is 2.10. The van der Waals surface area contributed by atoms with Crippen LogP contribution in [0.15, 0.2) is 47.2 Å². The van der Waals surface area contributed by atoms with Crippen LogP contribution in [0, 0.1) is 5.82 Å². The zero-order valence-electron chi connectivity index (χ0n) is 12.5. The van der Waals surface area contributed by atoms with Crippen molar-refractivity contribution in [2.45, 2.75) is 13.1 Å². The highest BCUT2D eigenvalue weighted by atomic mass is 19.1. The normalized spacial score (nSPS) is 11.3. The van der Waals surface area contributed by atoms with Gasteiger partial charge in [-0.2, -0.15) is 5.10 Å². The Morgan fingerprint density at radius 2 is 2.00 bits per heavy atom. The molecule has 2 heterocycles. The number of hydrogen-bond donors (Lipinski definition) is 0. The molecule has 114 valence electrons. The number of rotatable bonds is 5. The van der Waals surface area contributed by atoms with Crippen molar-refractivity contribution in [3.63, 3.8) is 0 Å². The van der Waals surface area contributed by atoms with Crippen LogP contribution in [-0.4, -0.2) is 26.9 Å². The van der Waals surface area contributed by atoms with Crippen molar-refractivity contribution in [1.82, 2.24) is 19.8 Å². The highest BCUT2D eigenvalue weighted by molar-refractivity contribution is 5.58. The molecule has 0 atom stereocenters. The lowest BCUT2D eigenvalue weighted by atomic mass is 10.1. The summed E-state index contributed by atoms with van der Waals surface area (Å²) in [5.74, 6) is 0.509. The van der Waals surface area contributed by atoms with E-state index in [1.165, 1.54) is 12.1 Å². The summed E-state index contributed by atoms with van der Waals surface area (Å²) in [4.78, 5) is 2.12. The van der Waals surface area contributed by atoms with Gasteiger partial charge in [-0.1, -0.05) is 5.16 Å². The van der Waals surface area contributed by atoms with Crippen molar-refractivity contribution in [1.29, 1.82) is 0 Å². The molecule has 0 saturated heterocycles. The quantitative estimate of drug-likeness (QED) is 0.727. The highest BCUT2D eigenvalue weighted by Crippen LogP contribution is 2.20. The second-order valence-corrected chi connectivity index (χ2v) is 5.38. The van der Waals surface area contributed by atoms with E-state index < -0.39 is 0 Å². The molecule has 22 heavy (non-hydrogen) atoms. The van der Waals surface area contributed by atoms with Crippen molar-refractivity contribution < 1.29 is 8.91 Å². The van der Waals surface area contributed by atoms with Crippen molar-refractivity contribution in [3.8, 4) is 11.3 Å². The van der Waals surface area contributed by atoms with E-state index in [2.05, 4.69) is 15.2 Å². The molecular formula is C16H17FN4O. The maximum atomic E-state index is 12.9. The minimum absolute atomic E-state index is 0.260. The average Bonchev–Trinajstić information content (AvgIpc) is 3.09. The molecule has 0 unspecified atom stereocenters. The SMILES string of the molecule is CN(Cc1cnn(C)c1)Cc1cc(-c2ccc(F)cc2)no1. The fourth-order valence-corrected chi connectivity index (χ4v) is 2.33. The van der Waals surface area contributed by atoms with Crippen molar-refractivity contribution in [3.05, 3.63) is 59.9 Å². The van der Waals surface area contributed by atoms with Gasteiger partial charge < -0.3 is 4.52 Å². The van der Waals surface area contributed by atoms with Gasteiger partial charge in [0.05, 0.1) is 12.7 Å². The second-order valence-electron chi connectivity index (χ2n) is 5.38. The van der Waals surface area contributed by atoms with Gasteiger partial charge in [-0.3, -0.25) is 9.58 Å². The fraction of sp³-hybridized carbons (Fsp3) is 0.250. The molecule has 0 N–H and O–H groups in total. The molecule has 0 bridgehead atoms. The van der Waals surface area contributed by atoms with E-state index in [9.17, 15) is 4.39 Å². The van der Waals surface area contributed by atoms with E-state index in [1.54, 1.807) is 16.8 Å². The topological polar surface area (TPSA) is 47.1 Å². The van der Waals surface area contributed by atoms with Gasteiger partial charge >= 0.3 is 0 Å². The summed E-state index contributed by atoms with van der Waals surface area (Å²) in [5, 5.41) is 8.19. The first-order chi connectivity index (χ1) is 10.6. The molecular weight excluding hydrogens is 283 g/mol. The Hall–Kier alpha value is -2.47. The maximum absolute atomic E-state index is 12.9. The summed E-state index contributed by atoms with van der Waals surface area (Å²) in [5.41, 5.74) is 2.69. The Bertz CT molecular complexity index is 748. The van der Waals surface area contributed by atoms with Gasteiger partial charge in [0.25, 0.3) is 0 Å². The molecule has 6 heteroatoms. The first-order valence-corrected chi connectivity index (χ1v) is 6.98. The van der Waals surface area contributed by atoms with Crippen LogP contribution < -0.4 is 0 Å². The Kier molecular flexibility index (Phi) is 4.02. The van der Waals surface area contributed by atoms with Crippen molar-refractivity contribution >= 4 is 0 Å². The summed E-state index contributed by atoms with van der Waals surface area (Å²) in [7, 11) is 3.90. The molecule has 5 nitrogen and oxygen atoms in total. The van der Waals surface area contributed by atoms with E-state index in [1.807, 2.05) is 32.6 Å². The maximum Gasteiger partial charge on any atom is 0.151 e. The Morgan fingerprint density at radius 3 is 2.68 bits per heavy atom. The predicted octanol–water partition coefficient (Wildman–Crippen LogP) is 2.85. The van der Waals surface area contributed by atoms with E-state index >= 15 is 0 Å². The first-order valence-electron chi connectivity index (χ1n) is 6.98. The molecule has 2 aromatic heterocycles. The summed E-state index contributed by atoms with van der Waals surface area (Å²) in [6.45, 7) is 1.42. The number of aryl methyl sites for hydroxylation is 1. The lowest BCUT2D eigenvalue weighted by molar-refractivity contribution is 0.267. The minimum atomic E-state index is -0.260. The number of halogens is 1. The Morgan fingerprint density at radius 1 is 1.23 bits per heavy atom. The van der Waals surface area contributed by atoms with E-state index in [-0.39, 0.29) is 5.82 Å². The fourth-order valence-electron chi connectivity index (χ4n) is 2.33. The van der Waals surface area contributed by atoms with Crippen LogP contribution in [0.4, 0.5) is 4.39 Å². The van der Waals surface area contributed by atoms with Gasteiger partial charge in [-0.05, 0) is 31.3 Å². The third kappa shape index (κ3) is 3.40. The van der Waals surface area contributed by atoms with Gasteiger partial charge in [-0.25, -0.2) is 4.39 Å².